The van der Waals surface area contributed by atoms with Crippen LogP contribution in [-0.2, 0) is 19.6 Å². The van der Waals surface area contributed by atoms with E-state index in [4.69, 9.17) is 4.74 Å². The van der Waals surface area contributed by atoms with Gasteiger partial charge in [-0.05, 0) is 61.7 Å². The Kier molecular flexibility index (Phi) is 6.16. The monoisotopic (exact) mass is 461 g/mol. The second-order valence-electron chi connectivity index (χ2n) is 7.84. The van der Waals surface area contributed by atoms with Crippen LogP contribution in [0.4, 0.5) is 15.8 Å². The third-order valence-electron chi connectivity index (χ3n) is 5.72. The molecular formula is C22H24FN3O5S. The molecule has 0 aromatic heterocycles. The Labute approximate surface area is 185 Å². The quantitative estimate of drug-likeness (QED) is 0.712. The third kappa shape index (κ3) is 4.46. The summed E-state index contributed by atoms with van der Waals surface area (Å²) in [5, 5.41) is 5.44. The van der Waals surface area contributed by atoms with Crippen molar-refractivity contribution in [3.05, 3.63) is 48.3 Å². The van der Waals surface area contributed by atoms with Gasteiger partial charge in [0.1, 0.15) is 11.6 Å². The van der Waals surface area contributed by atoms with Gasteiger partial charge in [-0.2, -0.15) is 4.31 Å². The summed E-state index contributed by atoms with van der Waals surface area (Å²) in [6.45, 7) is 2.22. The molecule has 0 radical (unpaired) electrons. The SMILES string of the molecule is CC[C@@H]1Oc2ccc(S(=O)(=O)N3CCC(C(=O)Nc4ccc(F)cc4)CC3)cc2NC1=O. The number of hydrogen-bond donors (Lipinski definition) is 2. The zero-order valence-electron chi connectivity index (χ0n) is 17.5. The van der Waals surface area contributed by atoms with Crippen molar-refractivity contribution >= 4 is 33.2 Å². The molecule has 1 fully saturated rings. The molecular weight excluding hydrogens is 437 g/mol. The van der Waals surface area contributed by atoms with Crippen LogP contribution in [-0.4, -0.2) is 43.7 Å². The highest BCUT2D eigenvalue weighted by molar-refractivity contribution is 7.89. The van der Waals surface area contributed by atoms with E-state index in [1.807, 2.05) is 6.92 Å². The zero-order chi connectivity index (χ0) is 22.9. The number of carbonyl (C=O) groups excluding carboxylic acids is 2. The number of sulfonamides is 1. The number of amides is 2. The average Bonchev–Trinajstić information content (AvgIpc) is 2.79. The Morgan fingerprint density at radius 3 is 2.53 bits per heavy atom. The maximum Gasteiger partial charge on any atom is 0.265 e. The van der Waals surface area contributed by atoms with Crippen molar-refractivity contribution in [1.29, 1.82) is 0 Å². The lowest BCUT2D eigenvalue weighted by atomic mass is 9.97. The number of nitrogens with one attached hydrogen (secondary N) is 2. The van der Waals surface area contributed by atoms with Gasteiger partial charge in [-0.1, -0.05) is 6.92 Å². The molecule has 10 heteroatoms. The molecule has 2 N–H and O–H groups in total. The molecule has 2 aromatic rings. The number of piperidine rings is 1. The van der Waals surface area contributed by atoms with Gasteiger partial charge in [0.15, 0.2) is 6.10 Å². The molecule has 0 saturated carbocycles. The summed E-state index contributed by atoms with van der Waals surface area (Å²) in [6, 6.07) is 9.90. The van der Waals surface area contributed by atoms with Crippen molar-refractivity contribution in [2.24, 2.45) is 5.92 Å². The largest absolute Gasteiger partial charge is 0.478 e. The van der Waals surface area contributed by atoms with Gasteiger partial charge in [-0.3, -0.25) is 9.59 Å². The lowest BCUT2D eigenvalue weighted by molar-refractivity contribution is -0.123. The molecule has 4 rings (SSSR count). The molecule has 2 aliphatic heterocycles. The number of halogens is 1. The van der Waals surface area contributed by atoms with Gasteiger partial charge in [0.25, 0.3) is 5.91 Å². The van der Waals surface area contributed by atoms with E-state index < -0.39 is 16.1 Å². The minimum absolute atomic E-state index is 0.0595. The molecule has 2 heterocycles. The van der Waals surface area contributed by atoms with E-state index in [1.165, 1.54) is 40.7 Å². The first kappa shape index (κ1) is 22.2. The molecule has 2 aliphatic rings. The summed E-state index contributed by atoms with van der Waals surface area (Å²) in [6.07, 6.45) is 0.657. The zero-order valence-corrected chi connectivity index (χ0v) is 18.3. The van der Waals surface area contributed by atoms with Gasteiger partial charge in [-0.15, -0.1) is 0 Å². The highest BCUT2D eigenvalue weighted by atomic mass is 32.2. The normalized spacial score (nSPS) is 19.6. The van der Waals surface area contributed by atoms with E-state index in [1.54, 1.807) is 6.07 Å². The molecule has 0 spiro atoms. The highest BCUT2D eigenvalue weighted by Crippen LogP contribution is 2.34. The molecule has 170 valence electrons. The number of carbonyl (C=O) groups is 2. The summed E-state index contributed by atoms with van der Waals surface area (Å²) < 4.78 is 46.2. The molecule has 0 aliphatic carbocycles. The number of rotatable bonds is 5. The molecule has 0 unspecified atom stereocenters. The van der Waals surface area contributed by atoms with E-state index in [0.717, 1.165) is 0 Å². The van der Waals surface area contributed by atoms with Crippen molar-refractivity contribution in [2.75, 3.05) is 23.7 Å². The molecule has 1 atom stereocenters. The van der Waals surface area contributed by atoms with E-state index >= 15 is 0 Å². The van der Waals surface area contributed by atoms with Gasteiger partial charge in [0.05, 0.1) is 10.6 Å². The first-order valence-electron chi connectivity index (χ1n) is 10.5. The minimum Gasteiger partial charge on any atom is -0.478 e. The fourth-order valence-electron chi connectivity index (χ4n) is 3.84. The van der Waals surface area contributed by atoms with Gasteiger partial charge >= 0.3 is 0 Å². The van der Waals surface area contributed by atoms with Crippen LogP contribution < -0.4 is 15.4 Å². The molecule has 32 heavy (non-hydrogen) atoms. The second kappa shape index (κ2) is 8.87. The van der Waals surface area contributed by atoms with Crippen molar-refractivity contribution in [3.63, 3.8) is 0 Å². The Hall–Kier alpha value is -2.98. The highest BCUT2D eigenvalue weighted by Gasteiger charge is 2.33. The number of anilines is 2. The predicted octanol–water partition coefficient (Wildman–Crippen LogP) is 2.97. The standard InChI is InChI=1S/C22H24FN3O5S/c1-2-19-22(28)25-18-13-17(7-8-20(18)31-19)32(29,30)26-11-9-14(10-12-26)21(27)24-16-5-3-15(23)4-6-16/h3-8,13-14,19H,2,9-12H2,1H3,(H,24,27)(H,25,28)/t19-/m0/s1. The number of ether oxygens (including phenoxy) is 1. The summed E-state index contributed by atoms with van der Waals surface area (Å²) in [5.74, 6) is -0.810. The van der Waals surface area contributed by atoms with E-state index in [2.05, 4.69) is 10.6 Å². The van der Waals surface area contributed by atoms with Crippen LogP contribution in [0.1, 0.15) is 26.2 Å². The van der Waals surface area contributed by atoms with E-state index in [0.29, 0.717) is 36.4 Å². The van der Waals surface area contributed by atoms with Crippen molar-refractivity contribution in [3.8, 4) is 5.75 Å². The minimum atomic E-state index is -3.79. The van der Waals surface area contributed by atoms with Crippen LogP contribution in [0.2, 0.25) is 0 Å². The second-order valence-corrected chi connectivity index (χ2v) is 9.77. The molecule has 8 nitrogen and oxygen atoms in total. The summed E-state index contributed by atoms with van der Waals surface area (Å²) >= 11 is 0. The number of nitrogens with zero attached hydrogens (tertiary/aromatic N) is 1. The van der Waals surface area contributed by atoms with Crippen molar-refractivity contribution < 1.29 is 27.1 Å². The average molecular weight is 462 g/mol. The lowest BCUT2D eigenvalue weighted by Crippen LogP contribution is -2.41. The fraction of sp³-hybridized carbons (Fsp3) is 0.364. The van der Waals surface area contributed by atoms with Crippen LogP contribution >= 0.6 is 0 Å². The molecule has 1 saturated heterocycles. The van der Waals surface area contributed by atoms with Crippen molar-refractivity contribution in [1.82, 2.24) is 4.31 Å². The number of benzene rings is 2. The Morgan fingerprint density at radius 2 is 1.88 bits per heavy atom. The van der Waals surface area contributed by atoms with Gasteiger partial charge < -0.3 is 15.4 Å². The van der Waals surface area contributed by atoms with Crippen LogP contribution in [0, 0.1) is 11.7 Å². The smallest absolute Gasteiger partial charge is 0.265 e. The topological polar surface area (TPSA) is 105 Å². The van der Waals surface area contributed by atoms with Crippen LogP contribution in [0.25, 0.3) is 0 Å². The number of fused-ring (bicyclic) bond motifs is 1. The molecule has 2 aromatic carbocycles. The predicted molar refractivity (Wildman–Crippen MR) is 116 cm³/mol. The molecule has 0 bridgehead atoms. The maximum absolute atomic E-state index is 13.1. The van der Waals surface area contributed by atoms with Gasteiger partial charge in [-0.25, -0.2) is 12.8 Å². The van der Waals surface area contributed by atoms with Crippen LogP contribution in [0.15, 0.2) is 47.4 Å². The lowest BCUT2D eigenvalue weighted by Gasteiger charge is -2.31. The van der Waals surface area contributed by atoms with E-state index in [9.17, 15) is 22.4 Å². The summed E-state index contributed by atoms with van der Waals surface area (Å²) in [4.78, 5) is 24.6. The Bertz CT molecular complexity index is 1130. The summed E-state index contributed by atoms with van der Waals surface area (Å²) in [7, 11) is -3.79. The van der Waals surface area contributed by atoms with Crippen LogP contribution in [0.3, 0.4) is 0 Å². The fourth-order valence-corrected chi connectivity index (χ4v) is 5.34. The number of hydrogen-bond acceptors (Lipinski definition) is 5. The first-order chi connectivity index (χ1) is 15.3. The van der Waals surface area contributed by atoms with Crippen LogP contribution in [0.5, 0.6) is 5.75 Å². The Morgan fingerprint density at radius 1 is 1.19 bits per heavy atom. The van der Waals surface area contributed by atoms with E-state index in [-0.39, 0.29) is 41.5 Å². The third-order valence-corrected chi connectivity index (χ3v) is 7.61. The Balaban J connectivity index is 1.41. The van der Waals surface area contributed by atoms with Gasteiger partial charge in [0, 0.05) is 24.7 Å². The summed E-state index contributed by atoms with van der Waals surface area (Å²) in [5.41, 5.74) is 0.824. The van der Waals surface area contributed by atoms with Gasteiger partial charge in [0.2, 0.25) is 15.9 Å². The maximum atomic E-state index is 13.1. The van der Waals surface area contributed by atoms with Crippen molar-refractivity contribution in [2.45, 2.75) is 37.2 Å². The first-order valence-corrected chi connectivity index (χ1v) is 11.9. The molecule has 2 amide bonds.